The first kappa shape index (κ1) is 57.6. The molecule has 0 aliphatic carbocycles. The SMILES string of the molecule is CC/C=C\C/C=C\C/C=C\C/C=C\C/C=C\C/C=C\CCCCCCC(=O)OC(COCC/C=C\C/C=C\C/C=C\C/C=C\C/C=C\CC)COP(=O)(O)OCC[N+](C)(C)C. The van der Waals surface area contributed by atoms with E-state index in [9.17, 15) is 14.3 Å². The van der Waals surface area contributed by atoms with E-state index in [-0.39, 0.29) is 32.2 Å². The number of likely N-dealkylation sites (N-methyl/N-ethyl adjacent to an activating group) is 1. The summed E-state index contributed by atoms with van der Waals surface area (Å²) in [7, 11) is 1.58. The fourth-order valence-corrected chi connectivity index (χ4v) is 6.01. The Hall–Kier alpha value is -3.36. The van der Waals surface area contributed by atoms with Crippen LogP contribution in [0.3, 0.4) is 0 Å². The highest BCUT2D eigenvalue weighted by atomic mass is 31.2. The third kappa shape index (κ3) is 47.5. The standard InChI is InChI=1S/C52H84NO7P/c1-6-8-10-12-14-16-18-20-22-24-25-26-27-28-29-30-31-33-35-37-39-41-43-45-52(54)60-51(50-59-61(55,56)58-48-46-53(3,4)5)49-57-47-44-42-40-38-36-34-32-23-21-19-17-15-13-11-9-7-2/h8-11,14-17,20-23,25-26,28-29,31,33-34,36,40,42,51H,6-7,12-13,18-19,24,27,30,32,35,37-39,41,43-50H2,1-5H3/p+1/b10-8-,11-9-,16-14-,17-15-,22-20-,23-21-,26-25-,29-28-,33-31-,36-34-,42-40-. The van der Waals surface area contributed by atoms with Gasteiger partial charge in [-0.3, -0.25) is 13.8 Å². The predicted molar refractivity (Wildman–Crippen MR) is 260 cm³/mol. The number of ether oxygens (including phenoxy) is 2. The first-order chi connectivity index (χ1) is 29.6. The predicted octanol–water partition coefficient (Wildman–Crippen LogP) is 13.9. The topological polar surface area (TPSA) is 91.3 Å². The van der Waals surface area contributed by atoms with Crippen molar-refractivity contribution in [2.24, 2.45) is 0 Å². The van der Waals surface area contributed by atoms with Gasteiger partial charge in [-0.15, -0.1) is 0 Å². The molecule has 0 radical (unpaired) electrons. The average Bonchev–Trinajstić information content (AvgIpc) is 3.22. The van der Waals surface area contributed by atoms with Gasteiger partial charge >= 0.3 is 13.8 Å². The minimum atomic E-state index is -4.32. The Balaban J connectivity index is 4.41. The molecule has 8 nitrogen and oxygen atoms in total. The van der Waals surface area contributed by atoms with Gasteiger partial charge in [0.15, 0.2) is 0 Å². The average molecular weight is 867 g/mol. The molecule has 2 atom stereocenters. The molecule has 0 heterocycles. The summed E-state index contributed by atoms with van der Waals surface area (Å²) in [5, 5.41) is 0. The minimum Gasteiger partial charge on any atom is -0.457 e. The molecule has 0 aromatic rings. The lowest BCUT2D eigenvalue weighted by atomic mass is 10.1. The summed E-state index contributed by atoms with van der Waals surface area (Å²) in [4.78, 5) is 22.9. The third-order valence-corrected chi connectivity index (χ3v) is 9.71. The van der Waals surface area contributed by atoms with Gasteiger partial charge in [0.2, 0.25) is 0 Å². The molecular formula is C52H85NO7P+. The molecule has 0 aromatic carbocycles. The van der Waals surface area contributed by atoms with Gasteiger partial charge in [0, 0.05) is 6.42 Å². The van der Waals surface area contributed by atoms with Crippen LogP contribution < -0.4 is 0 Å². The van der Waals surface area contributed by atoms with Crippen molar-refractivity contribution in [2.75, 3.05) is 54.1 Å². The lowest BCUT2D eigenvalue weighted by molar-refractivity contribution is -0.870. The molecule has 0 aromatic heterocycles. The van der Waals surface area contributed by atoms with Crippen LogP contribution in [-0.4, -0.2) is 75.6 Å². The lowest BCUT2D eigenvalue weighted by Gasteiger charge is -2.24. The van der Waals surface area contributed by atoms with Crippen LogP contribution in [0.25, 0.3) is 0 Å². The van der Waals surface area contributed by atoms with Gasteiger partial charge < -0.3 is 18.9 Å². The maximum Gasteiger partial charge on any atom is 0.472 e. The van der Waals surface area contributed by atoms with Crippen LogP contribution in [0.2, 0.25) is 0 Å². The zero-order valence-corrected chi connectivity index (χ0v) is 39.7. The van der Waals surface area contributed by atoms with E-state index in [4.69, 9.17) is 18.5 Å². The summed E-state index contributed by atoms with van der Waals surface area (Å²) in [5.41, 5.74) is 0. The van der Waals surface area contributed by atoms with E-state index in [2.05, 4.69) is 148 Å². The number of carbonyl (C=O) groups excluding carboxylic acids is 1. The molecule has 1 N–H and O–H groups in total. The Morgan fingerprint density at radius 1 is 0.508 bits per heavy atom. The van der Waals surface area contributed by atoms with Crippen molar-refractivity contribution in [3.05, 3.63) is 134 Å². The molecule has 0 rings (SSSR count). The normalized spacial score (nSPS) is 14.9. The van der Waals surface area contributed by atoms with Crippen molar-refractivity contribution in [1.29, 1.82) is 0 Å². The second-order valence-corrected chi connectivity index (χ2v) is 17.1. The van der Waals surface area contributed by atoms with Crippen molar-refractivity contribution < 1.29 is 37.3 Å². The van der Waals surface area contributed by atoms with E-state index >= 15 is 0 Å². The van der Waals surface area contributed by atoms with Gasteiger partial charge in [0.05, 0.1) is 41.0 Å². The van der Waals surface area contributed by atoms with E-state index in [0.29, 0.717) is 30.5 Å². The third-order valence-electron chi connectivity index (χ3n) is 8.73. The number of allylic oxidation sites excluding steroid dienone is 21. The van der Waals surface area contributed by atoms with Crippen molar-refractivity contribution in [3.63, 3.8) is 0 Å². The van der Waals surface area contributed by atoms with Gasteiger partial charge in [0.25, 0.3) is 0 Å². The van der Waals surface area contributed by atoms with Gasteiger partial charge in [-0.2, -0.15) is 0 Å². The van der Waals surface area contributed by atoms with E-state index in [0.717, 1.165) is 96.3 Å². The second-order valence-electron chi connectivity index (χ2n) is 15.7. The van der Waals surface area contributed by atoms with Crippen LogP contribution in [0, 0.1) is 0 Å². The van der Waals surface area contributed by atoms with Crippen LogP contribution in [0.4, 0.5) is 0 Å². The fourth-order valence-electron chi connectivity index (χ4n) is 5.27. The first-order valence-corrected chi connectivity index (χ1v) is 24.4. The number of hydrogen-bond acceptors (Lipinski definition) is 6. The monoisotopic (exact) mass is 867 g/mol. The van der Waals surface area contributed by atoms with Crippen LogP contribution >= 0.6 is 7.82 Å². The number of rotatable bonds is 40. The number of phosphoric acid groups is 1. The molecule has 9 heteroatoms. The zero-order valence-electron chi connectivity index (χ0n) is 38.8. The molecule has 0 aliphatic rings. The Kier molecular flexibility index (Phi) is 40.9. The van der Waals surface area contributed by atoms with E-state index in [1.807, 2.05) is 21.1 Å². The van der Waals surface area contributed by atoms with Crippen LogP contribution in [0.15, 0.2) is 134 Å². The number of phosphoric ester groups is 1. The van der Waals surface area contributed by atoms with E-state index < -0.39 is 13.9 Å². The Morgan fingerprint density at radius 2 is 0.902 bits per heavy atom. The van der Waals surface area contributed by atoms with Gasteiger partial charge in [0.1, 0.15) is 19.3 Å². The highest BCUT2D eigenvalue weighted by Crippen LogP contribution is 2.43. The van der Waals surface area contributed by atoms with E-state index in [1.54, 1.807) is 0 Å². The number of unbranched alkanes of at least 4 members (excludes halogenated alkanes) is 4. The fraction of sp³-hybridized carbons (Fsp3) is 0.558. The maximum atomic E-state index is 12.7. The smallest absolute Gasteiger partial charge is 0.457 e. The summed E-state index contributed by atoms with van der Waals surface area (Å²) in [6, 6.07) is 0. The number of esters is 1. The lowest BCUT2D eigenvalue weighted by Crippen LogP contribution is -2.37. The van der Waals surface area contributed by atoms with E-state index in [1.165, 1.54) is 0 Å². The first-order valence-electron chi connectivity index (χ1n) is 22.9. The Morgan fingerprint density at radius 3 is 1.33 bits per heavy atom. The summed E-state index contributed by atoms with van der Waals surface area (Å²) in [6.07, 6.45) is 63.7. The largest absolute Gasteiger partial charge is 0.472 e. The molecule has 0 amide bonds. The van der Waals surface area contributed by atoms with Crippen molar-refractivity contribution in [1.82, 2.24) is 0 Å². The summed E-state index contributed by atoms with van der Waals surface area (Å²) >= 11 is 0. The molecule has 0 spiro atoms. The zero-order chi connectivity index (χ0) is 44.8. The molecule has 0 bridgehead atoms. The van der Waals surface area contributed by atoms with Crippen LogP contribution in [0.5, 0.6) is 0 Å². The maximum absolute atomic E-state index is 12.7. The molecule has 0 aliphatic heterocycles. The molecule has 0 saturated heterocycles. The molecule has 0 fully saturated rings. The quantitative estimate of drug-likeness (QED) is 0.0216. The molecule has 0 saturated carbocycles. The van der Waals surface area contributed by atoms with Gasteiger partial charge in [-0.1, -0.05) is 160 Å². The van der Waals surface area contributed by atoms with Gasteiger partial charge in [-0.05, 0) is 96.3 Å². The molecule has 2 unspecified atom stereocenters. The number of carbonyl (C=O) groups is 1. The summed E-state index contributed by atoms with van der Waals surface area (Å²) < 4.78 is 34.9. The molecule has 344 valence electrons. The second kappa shape index (κ2) is 43.3. The number of quaternary nitrogens is 1. The Labute approximate surface area is 373 Å². The molecule has 61 heavy (non-hydrogen) atoms. The highest BCUT2D eigenvalue weighted by Gasteiger charge is 2.26. The van der Waals surface area contributed by atoms with Crippen LogP contribution in [-0.2, 0) is 27.9 Å². The summed E-state index contributed by atoms with van der Waals surface area (Å²) in [5.74, 6) is -0.370. The number of hydrogen-bond donors (Lipinski definition) is 1. The van der Waals surface area contributed by atoms with Gasteiger partial charge in [-0.25, -0.2) is 4.57 Å². The highest BCUT2D eigenvalue weighted by molar-refractivity contribution is 7.47. The van der Waals surface area contributed by atoms with Crippen molar-refractivity contribution in [2.45, 2.75) is 136 Å². The Bertz CT molecular complexity index is 1420. The van der Waals surface area contributed by atoms with Crippen molar-refractivity contribution >= 4 is 13.8 Å². The number of nitrogens with zero attached hydrogens (tertiary/aromatic N) is 1. The molecular weight excluding hydrogens is 782 g/mol. The minimum absolute atomic E-state index is 0.0568. The summed E-state index contributed by atoms with van der Waals surface area (Å²) in [6.45, 7) is 5.08. The van der Waals surface area contributed by atoms with Crippen molar-refractivity contribution in [3.8, 4) is 0 Å². The van der Waals surface area contributed by atoms with Crippen LogP contribution in [0.1, 0.15) is 129 Å².